The van der Waals surface area contributed by atoms with Crippen molar-refractivity contribution in [1.82, 2.24) is 0 Å². The van der Waals surface area contributed by atoms with Gasteiger partial charge in [0, 0.05) is 6.04 Å². The Hall–Kier alpha value is -1.20. The second kappa shape index (κ2) is 7.28. The van der Waals surface area contributed by atoms with E-state index in [0.29, 0.717) is 22.5 Å². The van der Waals surface area contributed by atoms with E-state index < -0.39 is 0 Å². The summed E-state index contributed by atoms with van der Waals surface area (Å²) in [5.41, 5.74) is 1.51. The third kappa shape index (κ3) is 4.23. The minimum atomic E-state index is 0.409. The SMILES string of the molecule is CCC(C)CC(CC)Nc1cc(C#N)ccc1Cl. The van der Waals surface area contributed by atoms with Crippen molar-refractivity contribution < 1.29 is 0 Å². The minimum absolute atomic E-state index is 0.409. The number of benzene rings is 1. The summed E-state index contributed by atoms with van der Waals surface area (Å²) in [6.45, 7) is 6.64. The molecular formula is C15H21ClN2. The van der Waals surface area contributed by atoms with Crippen molar-refractivity contribution in [2.24, 2.45) is 5.92 Å². The molecule has 0 heterocycles. The number of nitrogens with zero attached hydrogens (tertiary/aromatic N) is 1. The summed E-state index contributed by atoms with van der Waals surface area (Å²) in [6.07, 6.45) is 3.36. The van der Waals surface area contributed by atoms with Crippen LogP contribution in [0.25, 0.3) is 0 Å². The highest BCUT2D eigenvalue weighted by Crippen LogP contribution is 2.25. The van der Waals surface area contributed by atoms with Crippen LogP contribution in [-0.2, 0) is 0 Å². The van der Waals surface area contributed by atoms with Crippen molar-refractivity contribution >= 4 is 17.3 Å². The highest BCUT2D eigenvalue weighted by atomic mass is 35.5. The summed E-state index contributed by atoms with van der Waals surface area (Å²) in [5.74, 6) is 0.695. The summed E-state index contributed by atoms with van der Waals surface area (Å²) in [5, 5.41) is 13.0. The molecule has 0 aromatic heterocycles. The first-order valence-electron chi connectivity index (χ1n) is 6.56. The fraction of sp³-hybridized carbons (Fsp3) is 0.533. The van der Waals surface area contributed by atoms with Gasteiger partial charge in [0.15, 0.2) is 0 Å². The van der Waals surface area contributed by atoms with Crippen LogP contribution in [0.1, 0.15) is 45.6 Å². The van der Waals surface area contributed by atoms with Crippen LogP contribution in [-0.4, -0.2) is 6.04 Å². The van der Waals surface area contributed by atoms with Crippen molar-refractivity contribution in [3.63, 3.8) is 0 Å². The summed E-state index contributed by atoms with van der Waals surface area (Å²) in [4.78, 5) is 0. The number of hydrogen-bond acceptors (Lipinski definition) is 2. The molecule has 0 aliphatic carbocycles. The summed E-state index contributed by atoms with van der Waals surface area (Å²) >= 11 is 6.15. The molecule has 3 heteroatoms. The third-order valence-electron chi connectivity index (χ3n) is 3.33. The van der Waals surface area contributed by atoms with Gasteiger partial charge >= 0.3 is 0 Å². The highest BCUT2D eigenvalue weighted by molar-refractivity contribution is 6.33. The van der Waals surface area contributed by atoms with Crippen molar-refractivity contribution in [3.8, 4) is 6.07 Å². The van der Waals surface area contributed by atoms with E-state index in [1.54, 1.807) is 12.1 Å². The van der Waals surface area contributed by atoms with Gasteiger partial charge in [-0.05, 0) is 37.0 Å². The Bertz CT molecular complexity index is 423. The molecule has 0 radical (unpaired) electrons. The number of rotatable bonds is 6. The Morgan fingerprint density at radius 2 is 2.06 bits per heavy atom. The Kier molecular flexibility index (Phi) is 6.01. The van der Waals surface area contributed by atoms with Crippen LogP contribution >= 0.6 is 11.6 Å². The molecule has 1 aromatic rings. The molecule has 2 atom stereocenters. The molecular weight excluding hydrogens is 244 g/mol. The molecule has 0 spiro atoms. The van der Waals surface area contributed by atoms with Gasteiger partial charge < -0.3 is 5.32 Å². The Balaban J connectivity index is 2.78. The molecule has 0 saturated carbocycles. The van der Waals surface area contributed by atoms with E-state index >= 15 is 0 Å². The van der Waals surface area contributed by atoms with Crippen LogP contribution in [0.2, 0.25) is 5.02 Å². The number of halogens is 1. The monoisotopic (exact) mass is 264 g/mol. The summed E-state index contributed by atoms with van der Waals surface area (Å²) < 4.78 is 0. The first-order valence-corrected chi connectivity index (χ1v) is 6.94. The number of nitrogens with one attached hydrogen (secondary N) is 1. The van der Waals surface area contributed by atoms with Gasteiger partial charge in [0.05, 0.1) is 22.3 Å². The van der Waals surface area contributed by atoms with Crippen LogP contribution in [0, 0.1) is 17.2 Å². The molecule has 18 heavy (non-hydrogen) atoms. The standard InChI is InChI=1S/C15H21ClN2/c1-4-11(3)8-13(5-2)18-15-9-12(10-17)6-7-14(15)16/h6-7,9,11,13,18H,4-5,8H2,1-3H3. The van der Waals surface area contributed by atoms with E-state index in [1.807, 2.05) is 6.07 Å². The van der Waals surface area contributed by atoms with Gasteiger partial charge in [0.1, 0.15) is 0 Å². The van der Waals surface area contributed by atoms with Gasteiger partial charge in [0.25, 0.3) is 0 Å². The summed E-state index contributed by atoms with van der Waals surface area (Å²) in [6, 6.07) is 7.88. The molecule has 2 nitrogen and oxygen atoms in total. The molecule has 2 unspecified atom stereocenters. The average molecular weight is 265 g/mol. The van der Waals surface area contributed by atoms with Crippen molar-refractivity contribution in [2.75, 3.05) is 5.32 Å². The van der Waals surface area contributed by atoms with Crippen molar-refractivity contribution in [3.05, 3.63) is 28.8 Å². The van der Waals surface area contributed by atoms with E-state index in [0.717, 1.165) is 18.5 Å². The maximum Gasteiger partial charge on any atom is 0.0992 e. The van der Waals surface area contributed by atoms with Gasteiger partial charge in [-0.15, -0.1) is 0 Å². The molecule has 0 bridgehead atoms. The Morgan fingerprint density at radius 3 is 2.61 bits per heavy atom. The van der Waals surface area contributed by atoms with Crippen LogP contribution in [0.4, 0.5) is 5.69 Å². The molecule has 1 aromatic carbocycles. The number of hydrogen-bond donors (Lipinski definition) is 1. The minimum Gasteiger partial charge on any atom is -0.381 e. The Labute approximate surface area is 115 Å². The van der Waals surface area contributed by atoms with Crippen LogP contribution in [0.5, 0.6) is 0 Å². The zero-order chi connectivity index (χ0) is 13.5. The lowest BCUT2D eigenvalue weighted by atomic mass is 9.97. The predicted octanol–water partition coefficient (Wildman–Crippen LogP) is 4.84. The van der Waals surface area contributed by atoms with E-state index in [4.69, 9.17) is 16.9 Å². The normalized spacial score (nSPS) is 13.7. The second-order valence-electron chi connectivity index (χ2n) is 4.81. The van der Waals surface area contributed by atoms with Crippen molar-refractivity contribution in [2.45, 2.75) is 46.1 Å². The summed E-state index contributed by atoms with van der Waals surface area (Å²) in [7, 11) is 0. The van der Waals surface area contributed by atoms with E-state index in [1.165, 1.54) is 6.42 Å². The van der Waals surface area contributed by atoms with Gasteiger partial charge in [-0.25, -0.2) is 0 Å². The lowest BCUT2D eigenvalue weighted by molar-refractivity contribution is 0.462. The lowest BCUT2D eigenvalue weighted by Gasteiger charge is -2.22. The molecule has 0 saturated heterocycles. The molecule has 1 rings (SSSR count). The maximum atomic E-state index is 8.91. The topological polar surface area (TPSA) is 35.8 Å². The van der Waals surface area contributed by atoms with E-state index in [-0.39, 0.29) is 0 Å². The van der Waals surface area contributed by atoms with Crippen LogP contribution < -0.4 is 5.32 Å². The zero-order valence-corrected chi connectivity index (χ0v) is 12.1. The fourth-order valence-electron chi connectivity index (χ4n) is 1.91. The van der Waals surface area contributed by atoms with Crippen LogP contribution in [0.15, 0.2) is 18.2 Å². The zero-order valence-electron chi connectivity index (χ0n) is 11.3. The predicted molar refractivity (Wildman–Crippen MR) is 77.9 cm³/mol. The van der Waals surface area contributed by atoms with Crippen LogP contribution in [0.3, 0.4) is 0 Å². The first-order chi connectivity index (χ1) is 8.60. The lowest BCUT2D eigenvalue weighted by Crippen LogP contribution is -2.21. The van der Waals surface area contributed by atoms with E-state index in [9.17, 15) is 0 Å². The van der Waals surface area contributed by atoms with Gasteiger partial charge in [-0.3, -0.25) is 0 Å². The fourth-order valence-corrected chi connectivity index (χ4v) is 2.08. The molecule has 0 aliphatic heterocycles. The quantitative estimate of drug-likeness (QED) is 0.798. The smallest absolute Gasteiger partial charge is 0.0992 e. The average Bonchev–Trinajstić information content (AvgIpc) is 2.39. The first kappa shape index (κ1) is 14.9. The van der Waals surface area contributed by atoms with Gasteiger partial charge in [-0.1, -0.05) is 38.8 Å². The second-order valence-corrected chi connectivity index (χ2v) is 5.21. The third-order valence-corrected chi connectivity index (χ3v) is 3.66. The largest absolute Gasteiger partial charge is 0.381 e. The molecule has 0 fully saturated rings. The maximum absolute atomic E-state index is 8.91. The number of anilines is 1. The number of nitriles is 1. The highest BCUT2D eigenvalue weighted by Gasteiger charge is 2.12. The Morgan fingerprint density at radius 1 is 1.33 bits per heavy atom. The van der Waals surface area contributed by atoms with Crippen molar-refractivity contribution in [1.29, 1.82) is 5.26 Å². The molecule has 0 amide bonds. The molecule has 0 aliphatic rings. The van der Waals surface area contributed by atoms with Gasteiger partial charge in [0.2, 0.25) is 0 Å². The van der Waals surface area contributed by atoms with E-state index in [2.05, 4.69) is 32.2 Å². The molecule has 98 valence electrons. The molecule has 1 N–H and O–H groups in total. The van der Waals surface area contributed by atoms with Gasteiger partial charge in [-0.2, -0.15) is 5.26 Å².